The van der Waals surface area contributed by atoms with E-state index in [-0.39, 0.29) is 36.4 Å². The summed E-state index contributed by atoms with van der Waals surface area (Å²) in [5, 5.41) is 6.75. The van der Waals surface area contributed by atoms with E-state index in [0.717, 1.165) is 24.0 Å². The molecule has 5 nitrogen and oxygen atoms in total. The Hall–Kier alpha value is 0.170. The molecule has 1 unspecified atom stereocenters. The molecular weight excluding hydrogens is 419 g/mol. The highest BCUT2D eigenvalue weighted by atomic mass is 127. The third-order valence-corrected chi connectivity index (χ3v) is 4.80. The van der Waals surface area contributed by atoms with E-state index in [4.69, 9.17) is 0 Å². The fourth-order valence-electron chi connectivity index (χ4n) is 1.76. The molecule has 0 radical (unpaired) electrons. The van der Waals surface area contributed by atoms with Crippen molar-refractivity contribution in [1.29, 1.82) is 0 Å². The van der Waals surface area contributed by atoms with Gasteiger partial charge in [0.15, 0.2) is 5.96 Å². The highest BCUT2D eigenvalue weighted by Crippen LogP contribution is 2.16. The van der Waals surface area contributed by atoms with Gasteiger partial charge >= 0.3 is 0 Å². The van der Waals surface area contributed by atoms with Crippen molar-refractivity contribution in [3.63, 3.8) is 0 Å². The number of likely N-dealkylation sites (N-methyl/N-ethyl adjacent to an activating group) is 1. The maximum Gasteiger partial charge on any atom is 0.243 e. The minimum atomic E-state index is 0. The monoisotopic (exact) mass is 446 g/mol. The third kappa shape index (κ3) is 9.72. The number of aliphatic imine (C=N–C) groups is 1. The first-order chi connectivity index (χ1) is 9.63. The van der Waals surface area contributed by atoms with Crippen LogP contribution in [0.3, 0.4) is 0 Å². The van der Waals surface area contributed by atoms with E-state index in [0.29, 0.717) is 6.04 Å². The van der Waals surface area contributed by atoms with Gasteiger partial charge in [0, 0.05) is 38.2 Å². The van der Waals surface area contributed by atoms with E-state index >= 15 is 0 Å². The molecule has 21 heavy (non-hydrogen) atoms. The Morgan fingerprint density at radius 1 is 1.48 bits per heavy atom. The lowest BCUT2D eigenvalue weighted by Gasteiger charge is -2.24. The van der Waals surface area contributed by atoms with Crippen LogP contribution >= 0.6 is 47.5 Å². The lowest BCUT2D eigenvalue weighted by Crippen LogP contribution is -2.46. The van der Waals surface area contributed by atoms with Crippen LogP contribution in [0.5, 0.6) is 0 Å². The second-order valence-corrected chi connectivity index (χ2v) is 7.07. The summed E-state index contributed by atoms with van der Waals surface area (Å²) < 4.78 is 0. The number of carbonyl (C=O) groups is 1. The fraction of sp³-hybridized carbons (Fsp3) is 0.846. The van der Waals surface area contributed by atoms with Crippen molar-refractivity contribution in [3.8, 4) is 0 Å². The van der Waals surface area contributed by atoms with Crippen LogP contribution in [0.15, 0.2) is 4.99 Å². The standard InChI is InChI=1S/C13H26N4OS2.HI/c1-17(2)12(18)9-15-13(14-6-8-19-3)16-11-5-4-7-20-10-11;/h11H,4-10H2,1-3H3,(H2,14,15,16);1H. The highest BCUT2D eigenvalue weighted by Gasteiger charge is 2.15. The molecule has 1 aliphatic heterocycles. The molecule has 8 heteroatoms. The highest BCUT2D eigenvalue weighted by molar-refractivity contribution is 14.0. The summed E-state index contributed by atoms with van der Waals surface area (Å²) in [4.78, 5) is 17.6. The van der Waals surface area contributed by atoms with Crippen LogP contribution in [-0.2, 0) is 4.79 Å². The van der Waals surface area contributed by atoms with Crippen molar-refractivity contribution >= 4 is 59.4 Å². The van der Waals surface area contributed by atoms with E-state index in [1.807, 2.05) is 11.8 Å². The largest absolute Gasteiger partial charge is 0.356 e. The Bertz CT molecular complexity index is 323. The van der Waals surface area contributed by atoms with Crippen molar-refractivity contribution in [1.82, 2.24) is 15.5 Å². The molecule has 0 aliphatic carbocycles. The maximum absolute atomic E-state index is 11.6. The van der Waals surface area contributed by atoms with E-state index in [1.54, 1.807) is 30.8 Å². The van der Waals surface area contributed by atoms with Gasteiger partial charge in [-0.25, -0.2) is 4.99 Å². The van der Waals surface area contributed by atoms with Crippen LogP contribution < -0.4 is 10.6 Å². The number of nitrogens with one attached hydrogen (secondary N) is 2. The van der Waals surface area contributed by atoms with Crippen LogP contribution in [0.4, 0.5) is 0 Å². The van der Waals surface area contributed by atoms with Gasteiger partial charge < -0.3 is 15.5 Å². The summed E-state index contributed by atoms with van der Waals surface area (Å²) in [6.07, 6.45) is 4.51. The maximum atomic E-state index is 11.6. The Labute approximate surface area is 153 Å². The topological polar surface area (TPSA) is 56.7 Å². The van der Waals surface area contributed by atoms with Crippen LogP contribution in [-0.4, -0.2) is 73.5 Å². The zero-order chi connectivity index (χ0) is 14.8. The number of thioether (sulfide) groups is 2. The molecule has 1 aliphatic rings. The van der Waals surface area contributed by atoms with Gasteiger partial charge in [0.05, 0.1) is 0 Å². The Morgan fingerprint density at radius 2 is 2.24 bits per heavy atom. The van der Waals surface area contributed by atoms with E-state index in [2.05, 4.69) is 21.9 Å². The minimum Gasteiger partial charge on any atom is -0.356 e. The summed E-state index contributed by atoms with van der Waals surface area (Å²) in [7, 11) is 3.51. The van der Waals surface area contributed by atoms with Crippen LogP contribution in [0.1, 0.15) is 12.8 Å². The number of rotatable bonds is 6. The smallest absolute Gasteiger partial charge is 0.243 e. The molecular formula is C13H27IN4OS2. The molecule has 0 saturated carbocycles. The molecule has 1 amide bonds. The SMILES string of the molecule is CSCCNC(=NCC(=O)N(C)C)NC1CCCSC1.I. The zero-order valence-corrected chi connectivity index (χ0v) is 17.0. The van der Waals surface area contributed by atoms with Gasteiger partial charge in [-0.1, -0.05) is 0 Å². The Balaban J connectivity index is 0.00000400. The van der Waals surface area contributed by atoms with Gasteiger partial charge in [-0.15, -0.1) is 24.0 Å². The predicted molar refractivity (Wildman–Crippen MR) is 106 cm³/mol. The first-order valence-corrected chi connectivity index (χ1v) is 9.50. The van der Waals surface area contributed by atoms with Crippen molar-refractivity contribution < 1.29 is 4.79 Å². The molecule has 1 rings (SSSR count). The number of carbonyl (C=O) groups excluding carboxylic acids is 1. The van der Waals surface area contributed by atoms with Crippen LogP contribution in [0.25, 0.3) is 0 Å². The number of halogens is 1. The molecule has 1 atom stereocenters. The zero-order valence-electron chi connectivity index (χ0n) is 13.1. The molecule has 1 fully saturated rings. The van der Waals surface area contributed by atoms with Gasteiger partial charge in [-0.05, 0) is 24.9 Å². The number of amides is 1. The first kappa shape index (κ1) is 21.2. The van der Waals surface area contributed by atoms with Crippen molar-refractivity contribution in [2.24, 2.45) is 4.99 Å². The molecule has 0 spiro atoms. The number of guanidine groups is 1. The normalized spacial score (nSPS) is 18.6. The van der Waals surface area contributed by atoms with Crippen molar-refractivity contribution in [2.45, 2.75) is 18.9 Å². The average Bonchev–Trinajstić information content (AvgIpc) is 2.45. The van der Waals surface area contributed by atoms with Gasteiger partial charge in [0.2, 0.25) is 5.91 Å². The van der Waals surface area contributed by atoms with Crippen molar-refractivity contribution in [3.05, 3.63) is 0 Å². The second-order valence-electron chi connectivity index (χ2n) is 4.93. The van der Waals surface area contributed by atoms with E-state index < -0.39 is 0 Å². The van der Waals surface area contributed by atoms with E-state index in [9.17, 15) is 4.79 Å². The quantitative estimate of drug-likeness (QED) is 0.280. The lowest BCUT2D eigenvalue weighted by atomic mass is 10.2. The number of nitrogens with zero attached hydrogens (tertiary/aromatic N) is 2. The molecule has 124 valence electrons. The summed E-state index contributed by atoms with van der Waals surface area (Å²) in [5.41, 5.74) is 0. The summed E-state index contributed by atoms with van der Waals surface area (Å²) in [6, 6.07) is 0.462. The molecule has 0 aromatic rings. The predicted octanol–water partition coefficient (Wildman–Crippen LogP) is 1.49. The molecule has 1 heterocycles. The Morgan fingerprint density at radius 3 is 2.81 bits per heavy atom. The molecule has 2 N–H and O–H groups in total. The number of hydrogen-bond donors (Lipinski definition) is 2. The second kappa shape index (κ2) is 12.7. The molecule has 1 saturated heterocycles. The molecule has 0 aromatic heterocycles. The summed E-state index contributed by atoms with van der Waals surface area (Å²) in [6.45, 7) is 1.06. The fourth-order valence-corrected chi connectivity index (χ4v) is 3.14. The van der Waals surface area contributed by atoms with Gasteiger partial charge in [-0.2, -0.15) is 23.5 Å². The van der Waals surface area contributed by atoms with Gasteiger partial charge in [0.1, 0.15) is 6.54 Å². The van der Waals surface area contributed by atoms with E-state index in [1.165, 1.54) is 18.6 Å². The minimum absolute atomic E-state index is 0. The van der Waals surface area contributed by atoms with Crippen LogP contribution in [0, 0.1) is 0 Å². The Kier molecular flexibility index (Phi) is 12.8. The molecule has 0 aromatic carbocycles. The summed E-state index contributed by atoms with van der Waals surface area (Å²) in [5.74, 6) is 4.19. The third-order valence-electron chi connectivity index (χ3n) is 2.97. The van der Waals surface area contributed by atoms with Crippen LogP contribution in [0.2, 0.25) is 0 Å². The summed E-state index contributed by atoms with van der Waals surface area (Å²) >= 11 is 3.77. The average molecular weight is 446 g/mol. The van der Waals surface area contributed by atoms with Gasteiger partial charge in [-0.3, -0.25) is 4.79 Å². The first-order valence-electron chi connectivity index (χ1n) is 6.95. The van der Waals surface area contributed by atoms with Crippen molar-refractivity contribution in [2.75, 3.05) is 50.7 Å². The lowest BCUT2D eigenvalue weighted by molar-refractivity contribution is -0.127. The number of hydrogen-bond acceptors (Lipinski definition) is 4. The van der Waals surface area contributed by atoms with Gasteiger partial charge in [0.25, 0.3) is 0 Å². The molecule has 0 bridgehead atoms.